The molecule has 0 saturated carbocycles. The Morgan fingerprint density at radius 1 is 1.28 bits per heavy atom. The molecule has 96 valence electrons. The van der Waals surface area contributed by atoms with Crippen molar-refractivity contribution in [3.8, 4) is 6.07 Å². The Labute approximate surface area is 114 Å². The van der Waals surface area contributed by atoms with E-state index in [1.54, 1.807) is 18.2 Å². The third kappa shape index (κ3) is 2.99. The number of aliphatic hydroxyl groups excluding tert-OH is 3. The summed E-state index contributed by atoms with van der Waals surface area (Å²) in [5.41, 5.74) is 0.566. The SMILES string of the molecule is N#Cc1cccc(S[C@@H]2SC[C@@H](O)[C@H](O)[C@H]2O)c1. The van der Waals surface area contributed by atoms with E-state index in [-0.39, 0.29) is 4.58 Å². The highest BCUT2D eigenvalue weighted by atomic mass is 32.2. The van der Waals surface area contributed by atoms with Crippen molar-refractivity contribution in [1.29, 1.82) is 5.26 Å². The summed E-state index contributed by atoms with van der Waals surface area (Å²) in [7, 11) is 0. The molecule has 3 N–H and O–H groups in total. The zero-order valence-electron chi connectivity index (χ0n) is 9.43. The predicted molar refractivity (Wildman–Crippen MR) is 71.3 cm³/mol. The van der Waals surface area contributed by atoms with Gasteiger partial charge >= 0.3 is 0 Å². The summed E-state index contributed by atoms with van der Waals surface area (Å²) in [4.78, 5) is 0.870. The lowest BCUT2D eigenvalue weighted by Gasteiger charge is -2.34. The Morgan fingerprint density at radius 3 is 2.78 bits per heavy atom. The molecular formula is C12H13NO3S2. The summed E-state index contributed by atoms with van der Waals surface area (Å²) in [5.74, 6) is 0.397. The summed E-state index contributed by atoms with van der Waals surface area (Å²) < 4.78 is -0.239. The number of benzene rings is 1. The van der Waals surface area contributed by atoms with Crippen molar-refractivity contribution < 1.29 is 15.3 Å². The van der Waals surface area contributed by atoms with Crippen LogP contribution in [0.5, 0.6) is 0 Å². The Hall–Kier alpha value is -0.710. The van der Waals surface area contributed by atoms with Gasteiger partial charge in [0.25, 0.3) is 0 Å². The summed E-state index contributed by atoms with van der Waals surface area (Å²) in [6.07, 6.45) is -2.97. The van der Waals surface area contributed by atoms with Crippen LogP contribution < -0.4 is 0 Å². The molecule has 6 heteroatoms. The third-order valence-corrected chi connectivity index (χ3v) is 5.55. The third-order valence-electron chi connectivity index (χ3n) is 2.67. The monoisotopic (exact) mass is 283 g/mol. The van der Waals surface area contributed by atoms with Crippen molar-refractivity contribution in [1.82, 2.24) is 0 Å². The first-order valence-electron chi connectivity index (χ1n) is 5.44. The number of nitriles is 1. The van der Waals surface area contributed by atoms with Gasteiger partial charge in [-0.1, -0.05) is 6.07 Å². The molecule has 1 aromatic carbocycles. The van der Waals surface area contributed by atoms with Crippen molar-refractivity contribution in [2.45, 2.75) is 27.8 Å². The zero-order valence-corrected chi connectivity index (χ0v) is 11.1. The van der Waals surface area contributed by atoms with Crippen LogP contribution in [-0.4, -0.2) is 44.0 Å². The molecule has 1 aliphatic rings. The van der Waals surface area contributed by atoms with Crippen molar-refractivity contribution in [3.63, 3.8) is 0 Å². The van der Waals surface area contributed by atoms with E-state index in [4.69, 9.17) is 5.26 Å². The fraction of sp³-hybridized carbons (Fsp3) is 0.417. The van der Waals surface area contributed by atoms with Gasteiger partial charge in [0, 0.05) is 10.6 Å². The number of nitrogens with zero attached hydrogens (tertiary/aromatic N) is 1. The molecule has 0 amide bonds. The van der Waals surface area contributed by atoms with Gasteiger partial charge in [0.2, 0.25) is 0 Å². The van der Waals surface area contributed by atoms with E-state index in [0.29, 0.717) is 11.3 Å². The molecule has 4 atom stereocenters. The minimum absolute atomic E-state index is 0.239. The smallest absolute Gasteiger partial charge is 0.108 e. The minimum Gasteiger partial charge on any atom is -0.389 e. The largest absolute Gasteiger partial charge is 0.389 e. The van der Waals surface area contributed by atoms with Gasteiger partial charge in [-0.15, -0.1) is 23.5 Å². The molecule has 1 saturated heterocycles. The first kappa shape index (κ1) is 13.7. The van der Waals surface area contributed by atoms with Crippen molar-refractivity contribution in [2.24, 2.45) is 0 Å². The van der Waals surface area contributed by atoms with Crippen LogP contribution in [0.15, 0.2) is 29.2 Å². The fourth-order valence-electron chi connectivity index (χ4n) is 1.66. The van der Waals surface area contributed by atoms with E-state index >= 15 is 0 Å². The molecule has 2 rings (SSSR count). The van der Waals surface area contributed by atoms with Gasteiger partial charge < -0.3 is 15.3 Å². The molecule has 0 unspecified atom stereocenters. The van der Waals surface area contributed by atoms with Crippen molar-refractivity contribution >= 4 is 23.5 Å². The van der Waals surface area contributed by atoms with Crippen molar-refractivity contribution in [2.75, 3.05) is 5.75 Å². The van der Waals surface area contributed by atoms with Crippen LogP contribution in [-0.2, 0) is 0 Å². The van der Waals surface area contributed by atoms with Gasteiger partial charge in [-0.05, 0) is 18.2 Å². The van der Waals surface area contributed by atoms with Gasteiger partial charge in [0.1, 0.15) is 12.2 Å². The molecule has 1 aliphatic heterocycles. The summed E-state index contributed by atoms with van der Waals surface area (Å²) in [6.45, 7) is 0. The molecular weight excluding hydrogens is 270 g/mol. The Bertz CT molecular complexity index is 463. The van der Waals surface area contributed by atoms with Crippen LogP contribution in [0.3, 0.4) is 0 Å². The zero-order chi connectivity index (χ0) is 13.1. The molecule has 0 radical (unpaired) electrons. The van der Waals surface area contributed by atoms with Crippen LogP contribution in [0.25, 0.3) is 0 Å². The molecule has 4 nitrogen and oxygen atoms in total. The molecule has 1 fully saturated rings. The molecule has 0 aromatic heterocycles. The second kappa shape index (κ2) is 5.95. The second-order valence-corrected chi connectivity index (χ2v) is 6.70. The van der Waals surface area contributed by atoms with Crippen LogP contribution in [0.2, 0.25) is 0 Å². The van der Waals surface area contributed by atoms with Crippen LogP contribution in [0, 0.1) is 11.3 Å². The second-order valence-electron chi connectivity index (χ2n) is 4.01. The number of aliphatic hydroxyl groups is 3. The lowest BCUT2D eigenvalue weighted by atomic mass is 10.1. The molecule has 1 heterocycles. The van der Waals surface area contributed by atoms with Crippen LogP contribution in [0.1, 0.15) is 5.56 Å². The number of rotatable bonds is 2. The van der Waals surface area contributed by atoms with Gasteiger partial charge in [0.15, 0.2) is 0 Å². The summed E-state index contributed by atoms with van der Waals surface area (Å²) >= 11 is 2.81. The van der Waals surface area contributed by atoms with Gasteiger partial charge in [-0.3, -0.25) is 0 Å². The minimum atomic E-state index is -1.11. The maximum Gasteiger partial charge on any atom is 0.108 e. The topological polar surface area (TPSA) is 84.5 Å². The predicted octanol–water partition coefficient (Wildman–Crippen LogP) is 0.806. The van der Waals surface area contributed by atoms with Crippen LogP contribution >= 0.6 is 23.5 Å². The lowest BCUT2D eigenvalue weighted by Crippen LogP contribution is -2.47. The number of hydrogen-bond acceptors (Lipinski definition) is 6. The maximum absolute atomic E-state index is 9.88. The van der Waals surface area contributed by atoms with Crippen molar-refractivity contribution in [3.05, 3.63) is 29.8 Å². The van der Waals surface area contributed by atoms with Gasteiger partial charge in [-0.25, -0.2) is 0 Å². The summed E-state index contributed by atoms with van der Waals surface area (Å²) in [6, 6.07) is 9.16. The maximum atomic E-state index is 9.88. The normalized spacial score (nSPS) is 31.9. The van der Waals surface area contributed by atoms with E-state index in [0.717, 1.165) is 4.90 Å². The van der Waals surface area contributed by atoms with Crippen LogP contribution in [0.4, 0.5) is 0 Å². The average Bonchev–Trinajstić information content (AvgIpc) is 2.40. The average molecular weight is 283 g/mol. The Balaban J connectivity index is 2.07. The first-order valence-corrected chi connectivity index (χ1v) is 7.37. The number of hydrogen-bond donors (Lipinski definition) is 3. The standard InChI is InChI=1S/C12H13NO3S2/c13-5-7-2-1-3-8(4-7)18-12-11(16)10(15)9(14)6-17-12/h1-4,9-12,14-16H,6H2/t9-,10+,11-,12+/m1/s1. The van der Waals surface area contributed by atoms with E-state index in [2.05, 4.69) is 6.07 Å². The Morgan fingerprint density at radius 2 is 2.06 bits per heavy atom. The van der Waals surface area contributed by atoms with E-state index in [9.17, 15) is 15.3 Å². The lowest BCUT2D eigenvalue weighted by molar-refractivity contribution is -0.0474. The fourth-order valence-corrected chi connectivity index (χ4v) is 4.36. The first-order chi connectivity index (χ1) is 8.61. The van der Waals surface area contributed by atoms with Gasteiger partial charge in [0.05, 0.1) is 22.3 Å². The highest BCUT2D eigenvalue weighted by Crippen LogP contribution is 2.38. The summed E-state index contributed by atoms with van der Waals surface area (Å²) in [5, 5.41) is 37.7. The van der Waals surface area contributed by atoms with Gasteiger partial charge in [-0.2, -0.15) is 5.26 Å². The van der Waals surface area contributed by atoms with E-state index < -0.39 is 18.3 Å². The molecule has 0 bridgehead atoms. The quantitative estimate of drug-likeness (QED) is 0.745. The molecule has 0 spiro atoms. The molecule has 0 aliphatic carbocycles. The molecule has 18 heavy (non-hydrogen) atoms. The highest BCUT2D eigenvalue weighted by Gasteiger charge is 2.37. The highest BCUT2D eigenvalue weighted by molar-refractivity contribution is 8.17. The van der Waals surface area contributed by atoms with E-state index in [1.807, 2.05) is 6.07 Å². The number of thioether (sulfide) groups is 2. The molecule has 1 aromatic rings. The van der Waals surface area contributed by atoms with E-state index in [1.165, 1.54) is 23.5 Å². The Kier molecular flexibility index (Phi) is 4.54.